The lowest BCUT2D eigenvalue weighted by atomic mass is 9.88. The van der Waals surface area contributed by atoms with E-state index in [1.807, 2.05) is 0 Å². The highest BCUT2D eigenvalue weighted by atomic mass is 16.5. The van der Waals surface area contributed by atoms with Crippen LogP contribution in [-0.4, -0.2) is 0 Å². The first-order valence-electron chi connectivity index (χ1n) is 15.5. The van der Waals surface area contributed by atoms with E-state index in [1.54, 1.807) is 0 Å². The molecule has 0 radical (unpaired) electrons. The number of hydrogen-bond acceptors (Lipinski definition) is 1. The smallest absolute Gasteiger partial charge is 0.143 e. The molecule has 1 heteroatoms. The Kier molecular flexibility index (Phi) is 5.06. The van der Waals surface area contributed by atoms with Gasteiger partial charge in [0.05, 0.1) is 0 Å². The van der Waals surface area contributed by atoms with Gasteiger partial charge >= 0.3 is 0 Å². The van der Waals surface area contributed by atoms with E-state index in [9.17, 15) is 0 Å². The first-order chi connectivity index (χ1) is 22.3. The van der Waals surface area contributed by atoms with Gasteiger partial charge in [-0.3, -0.25) is 0 Å². The molecule has 1 aliphatic heterocycles. The standard InChI is InChI=1S/C44H26O/c1-2-6-27(7-3-1)34-21-25-40-39(26-34)37-11-5-10-32-19-23-36(44(45-40)43(32)37)29-14-12-28(13-15-29)35-22-18-33-17-16-30-8-4-9-31-20-24-38(35)42(33)41(30)31/h1-26H. The molecular formula is C44H26O. The van der Waals surface area contributed by atoms with Crippen molar-refractivity contribution in [3.8, 4) is 56.0 Å². The van der Waals surface area contributed by atoms with Gasteiger partial charge in [-0.05, 0) is 89.3 Å². The lowest BCUT2D eigenvalue weighted by molar-refractivity contribution is 0.489. The van der Waals surface area contributed by atoms with Crippen molar-refractivity contribution in [2.75, 3.05) is 0 Å². The fourth-order valence-corrected chi connectivity index (χ4v) is 7.47. The lowest BCUT2D eigenvalue weighted by Gasteiger charge is -2.24. The van der Waals surface area contributed by atoms with E-state index in [2.05, 4.69) is 158 Å². The molecule has 0 aromatic heterocycles. The molecule has 9 aromatic rings. The van der Waals surface area contributed by atoms with E-state index >= 15 is 0 Å². The van der Waals surface area contributed by atoms with Crippen molar-refractivity contribution in [2.45, 2.75) is 0 Å². The fraction of sp³-hybridized carbons (Fsp3) is 0. The van der Waals surface area contributed by atoms with Crippen LogP contribution < -0.4 is 4.74 Å². The van der Waals surface area contributed by atoms with Crippen molar-refractivity contribution in [1.29, 1.82) is 0 Å². The van der Waals surface area contributed by atoms with Gasteiger partial charge in [0.25, 0.3) is 0 Å². The SMILES string of the molecule is c1ccc(-c2ccc3c(c2)-c2cccc4ccc(-c5ccc(-c6ccc7ccc8cccc9ccc6c7c89)cc5)c(c24)O3)cc1. The van der Waals surface area contributed by atoms with Gasteiger partial charge in [-0.25, -0.2) is 0 Å². The number of rotatable bonds is 3. The maximum Gasteiger partial charge on any atom is 0.143 e. The second kappa shape index (κ2) is 9.29. The second-order valence-corrected chi connectivity index (χ2v) is 12.1. The quantitative estimate of drug-likeness (QED) is 0.192. The van der Waals surface area contributed by atoms with Crippen molar-refractivity contribution in [2.24, 2.45) is 0 Å². The first kappa shape index (κ1) is 24.5. The summed E-state index contributed by atoms with van der Waals surface area (Å²) in [5, 5.41) is 10.2. The molecule has 0 unspecified atom stereocenters. The molecule has 0 aliphatic carbocycles. The summed E-state index contributed by atoms with van der Waals surface area (Å²) in [4.78, 5) is 0. The summed E-state index contributed by atoms with van der Waals surface area (Å²) in [6.07, 6.45) is 0. The average molecular weight is 571 g/mol. The maximum atomic E-state index is 6.76. The zero-order valence-corrected chi connectivity index (χ0v) is 24.4. The van der Waals surface area contributed by atoms with Crippen molar-refractivity contribution < 1.29 is 4.74 Å². The summed E-state index contributed by atoms with van der Waals surface area (Å²) in [5.41, 5.74) is 9.47. The third-order valence-corrected chi connectivity index (χ3v) is 9.62. The molecule has 0 spiro atoms. The van der Waals surface area contributed by atoms with E-state index in [4.69, 9.17) is 4.74 Å². The van der Waals surface area contributed by atoms with E-state index in [-0.39, 0.29) is 0 Å². The minimum atomic E-state index is 0.896. The molecule has 0 amide bonds. The zero-order chi connectivity index (χ0) is 29.5. The van der Waals surface area contributed by atoms with Crippen LogP contribution in [-0.2, 0) is 0 Å². The number of fused-ring (bicyclic) bond motifs is 2. The van der Waals surface area contributed by atoms with Crippen LogP contribution in [0.3, 0.4) is 0 Å². The molecule has 0 bridgehead atoms. The molecule has 0 saturated carbocycles. The zero-order valence-electron chi connectivity index (χ0n) is 24.4. The summed E-state index contributed by atoms with van der Waals surface area (Å²) < 4.78 is 6.76. The predicted molar refractivity (Wildman–Crippen MR) is 189 cm³/mol. The summed E-state index contributed by atoms with van der Waals surface area (Å²) in [7, 11) is 0. The van der Waals surface area contributed by atoms with Gasteiger partial charge in [-0.2, -0.15) is 0 Å². The number of hydrogen-bond donors (Lipinski definition) is 0. The van der Waals surface area contributed by atoms with Crippen molar-refractivity contribution in [1.82, 2.24) is 0 Å². The minimum absolute atomic E-state index is 0.896. The molecule has 45 heavy (non-hydrogen) atoms. The largest absolute Gasteiger partial charge is 0.455 e. The average Bonchev–Trinajstić information content (AvgIpc) is 3.11. The Morgan fingerprint density at radius 2 is 0.911 bits per heavy atom. The Hall–Kier alpha value is -5.92. The van der Waals surface area contributed by atoms with E-state index in [0.29, 0.717) is 0 Å². The summed E-state index contributed by atoms with van der Waals surface area (Å²) in [6, 6.07) is 57.2. The molecule has 10 rings (SSSR count). The van der Waals surface area contributed by atoms with Gasteiger partial charge in [0.15, 0.2) is 0 Å². The van der Waals surface area contributed by atoms with Crippen molar-refractivity contribution >= 4 is 43.1 Å². The molecule has 0 N–H and O–H groups in total. The van der Waals surface area contributed by atoms with Crippen LogP contribution in [0.2, 0.25) is 0 Å². The van der Waals surface area contributed by atoms with Crippen molar-refractivity contribution in [3.63, 3.8) is 0 Å². The molecule has 208 valence electrons. The molecule has 0 fully saturated rings. The number of ether oxygens (including phenoxy) is 1. The third-order valence-electron chi connectivity index (χ3n) is 9.62. The lowest BCUT2D eigenvalue weighted by Crippen LogP contribution is -1.99. The summed E-state index contributed by atoms with van der Waals surface area (Å²) >= 11 is 0. The second-order valence-electron chi connectivity index (χ2n) is 12.1. The Morgan fingerprint density at radius 3 is 1.69 bits per heavy atom. The molecular weight excluding hydrogens is 544 g/mol. The molecule has 0 saturated heterocycles. The fourth-order valence-electron chi connectivity index (χ4n) is 7.47. The molecule has 1 nitrogen and oxygen atoms in total. The highest BCUT2D eigenvalue weighted by Gasteiger charge is 2.24. The monoisotopic (exact) mass is 570 g/mol. The van der Waals surface area contributed by atoms with Crippen LogP contribution in [0.5, 0.6) is 11.5 Å². The van der Waals surface area contributed by atoms with Crippen LogP contribution in [0.1, 0.15) is 0 Å². The topological polar surface area (TPSA) is 9.23 Å². The van der Waals surface area contributed by atoms with E-state index in [1.165, 1.54) is 70.9 Å². The van der Waals surface area contributed by atoms with E-state index < -0.39 is 0 Å². The third kappa shape index (κ3) is 3.62. The van der Waals surface area contributed by atoms with Crippen LogP contribution in [0.25, 0.3) is 87.6 Å². The minimum Gasteiger partial charge on any atom is -0.455 e. The Bertz CT molecular complexity index is 2580. The number of benzene rings is 9. The van der Waals surface area contributed by atoms with Crippen LogP contribution >= 0.6 is 0 Å². The Labute approximate surface area is 260 Å². The molecule has 0 atom stereocenters. The van der Waals surface area contributed by atoms with Gasteiger partial charge in [-0.1, -0.05) is 140 Å². The normalized spacial score (nSPS) is 12.2. The molecule has 1 heterocycles. The van der Waals surface area contributed by atoms with Gasteiger partial charge in [-0.15, -0.1) is 0 Å². The summed E-state index contributed by atoms with van der Waals surface area (Å²) in [5.74, 6) is 1.82. The highest BCUT2D eigenvalue weighted by Crippen LogP contribution is 2.51. The van der Waals surface area contributed by atoms with E-state index in [0.717, 1.165) is 28.2 Å². The summed E-state index contributed by atoms with van der Waals surface area (Å²) in [6.45, 7) is 0. The van der Waals surface area contributed by atoms with Gasteiger partial charge in [0, 0.05) is 16.5 Å². The van der Waals surface area contributed by atoms with Gasteiger partial charge < -0.3 is 4.74 Å². The Balaban J connectivity index is 1.10. The first-order valence-corrected chi connectivity index (χ1v) is 15.5. The molecule has 1 aliphatic rings. The van der Waals surface area contributed by atoms with Crippen LogP contribution in [0.15, 0.2) is 158 Å². The highest BCUT2D eigenvalue weighted by molar-refractivity contribution is 6.25. The van der Waals surface area contributed by atoms with Crippen molar-refractivity contribution in [3.05, 3.63) is 158 Å². The predicted octanol–water partition coefficient (Wildman–Crippen LogP) is 12.5. The Morgan fingerprint density at radius 1 is 0.311 bits per heavy atom. The van der Waals surface area contributed by atoms with Gasteiger partial charge in [0.2, 0.25) is 0 Å². The maximum absolute atomic E-state index is 6.76. The molecule has 9 aromatic carbocycles. The van der Waals surface area contributed by atoms with Crippen LogP contribution in [0.4, 0.5) is 0 Å². The van der Waals surface area contributed by atoms with Crippen LogP contribution in [0, 0.1) is 0 Å². The van der Waals surface area contributed by atoms with Gasteiger partial charge in [0.1, 0.15) is 11.5 Å².